The molecule has 0 amide bonds. The zero-order chi connectivity index (χ0) is 19.9. The number of hydrogen-bond donors (Lipinski definition) is 0. The maximum absolute atomic E-state index is 14.4. The number of rotatable bonds is 2. The van der Waals surface area contributed by atoms with Crippen molar-refractivity contribution in [3.05, 3.63) is 57.6 Å². The summed E-state index contributed by atoms with van der Waals surface area (Å²) in [5.74, 6) is -2.68. The van der Waals surface area contributed by atoms with Crippen LogP contribution in [0.5, 0.6) is 5.75 Å². The lowest BCUT2D eigenvalue weighted by atomic mass is 10.2. The Labute approximate surface area is 153 Å². The van der Waals surface area contributed by atoms with Gasteiger partial charge >= 0.3 is 12.1 Å². The molecule has 0 aliphatic heterocycles. The van der Waals surface area contributed by atoms with Crippen LogP contribution in [0.2, 0.25) is 5.15 Å². The molecule has 0 bridgehead atoms. The topological polar surface area (TPSA) is 74.1 Å². The summed E-state index contributed by atoms with van der Waals surface area (Å²) < 4.78 is 60.1. The van der Waals surface area contributed by atoms with E-state index in [-0.39, 0.29) is 15.1 Å². The zero-order valence-corrected chi connectivity index (χ0v) is 14.1. The summed E-state index contributed by atoms with van der Waals surface area (Å²) in [4.78, 5) is 31.2. The Morgan fingerprint density at radius 1 is 1.26 bits per heavy atom. The number of pyridine rings is 1. The third-order valence-corrected chi connectivity index (χ3v) is 3.78. The molecule has 0 aliphatic rings. The highest BCUT2D eigenvalue weighted by Crippen LogP contribution is 2.35. The van der Waals surface area contributed by atoms with Crippen LogP contribution in [0.3, 0.4) is 0 Å². The molecule has 0 saturated heterocycles. The number of fused-ring (bicyclic) bond motifs is 1. The lowest BCUT2D eigenvalue weighted by molar-refractivity contribution is -0.142. The third-order valence-electron chi connectivity index (χ3n) is 3.48. The average molecular weight is 402 g/mol. The number of aromatic nitrogens is 3. The van der Waals surface area contributed by atoms with Gasteiger partial charge in [0.15, 0.2) is 11.6 Å². The fourth-order valence-corrected chi connectivity index (χ4v) is 2.66. The Kier molecular flexibility index (Phi) is 4.60. The Hall–Kier alpha value is -3.01. The molecule has 0 N–H and O–H groups in total. The van der Waals surface area contributed by atoms with E-state index >= 15 is 0 Å². The molecule has 3 rings (SSSR count). The Bertz CT molecular complexity index is 1130. The molecule has 3 aromatic rings. The minimum absolute atomic E-state index is 0.0548. The van der Waals surface area contributed by atoms with Gasteiger partial charge in [0, 0.05) is 12.3 Å². The number of para-hydroxylation sites is 1. The standard InChI is InChI=1S/C16H8ClF4N3O3/c1-7(25)27-10-4-2-3-9(18)13(10)24-11(16(19,20)21)5-8-12(15(24)26)22-6-23-14(8)17/h2-6H,1H3. The molecule has 27 heavy (non-hydrogen) atoms. The molecule has 0 radical (unpaired) electrons. The van der Waals surface area contributed by atoms with Crippen molar-refractivity contribution in [2.24, 2.45) is 0 Å². The van der Waals surface area contributed by atoms with Crippen molar-refractivity contribution in [1.29, 1.82) is 0 Å². The first-order valence-corrected chi connectivity index (χ1v) is 7.60. The molecule has 0 aliphatic carbocycles. The van der Waals surface area contributed by atoms with Crippen molar-refractivity contribution < 1.29 is 27.1 Å². The third kappa shape index (κ3) is 3.35. The molecular formula is C16H8ClF4N3O3. The molecule has 0 atom stereocenters. The largest absolute Gasteiger partial charge is 0.431 e. The summed E-state index contributed by atoms with van der Waals surface area (Å²) in [5.41, 5.74) is -4.17. The van der Waals surface area contributed by atoms with Crippen LogP contribution < -0.4 is 10.3 Å². The highest BCUT2D eigenvalue weighted by Gasteiger charge is 2.37. The summed E-state index contributed by atoms with van der Waals surface area (Å²) >= 11 is 5.77. The number of hydrogen-bond acceptors (Lipinski definition) is 5. The monoisotopic (exact) mass is 401 g/mol. The van der Waals surface area contributed by atoms with E-state index < -0.39 is 46.2 Å². The van der Waals surface area contributed by atoms with Crippen LogP contribution in [-0.4, -0.2) is 20.5 Å². The molecule has 1 aromatic carbocycles. The van der Waals surface area contributed by atoms with E-state index in [9.17, 15) is 27.2 Å². The lowest BCUT2D eigenvalue weighted by Gasteiger charge is -2.19. The summed E-state index contributed by atoms with van der Waals surface area (Å²) in [6.07, 6.45) is -4.18. The molecule has 0 unspecified atom stereocenters. The number of nitrogens with zero attached hydrogens (tertiary/aromatic N) is 3. The second-order valence-corrected chi connectivity index (χ2v) is 5.63. The van der Waals surface area contributed by atoms with Crippen LogP contribution >= 0.6 is 11.6 Å². The van der Waals surface area contributed by atoms with Gasteiger partial charge in [0.25, 0.3) is 5.56 Å². The molecule has 2 heterocycles. The minimum atomic E-state index is -5.07. The molecular weight excluding hydrogens is 394 g/mol. The van der Waals surface area contributed by atoms with E-state index in [1.807, 2.05) is 0 Å². The normalized spacial score (nSPS) is 11.6. The van der Waals surface area contributed by atoms with Crippen molar-refractivity contribution in [2.75, 3.05) is 0 Å². The second-order valence-electron chi connectivity index (χ2n) is 5.27. The summed E-state index contributed by atoms with van der Waals surface area (Å²) in [6.45, 7) is 0.982. The Morgan fingerprint density at radius 2 is 1.96 bits per heavy atom. The van der Waals surface area contributed by atoms with Gasteiger partial charge in [-0.25, -0.2) is 14.4 Å². The fraction of sp³-hybridized carbons (Fsp3) is 0.125. The zero-order valence-electron chi connectivity index (χ0n) is 13.3. The van der Waals surface area contributed by atoms with Crippen LogP contribution in [0.4, 0.5) is 17.6 Å². The average Bonchev–Trinajstić information content (AvgIpc) is 2.55. The molecule has 11 heteroatoms. The summed E-state index contributed by atoms with van der Waals surface area (Å²) in [5, 5.41) is -0.721. The Morgan fingerprint density at radius 3 is 2.59 bits per heavy atom. The fourth-order valence-electron chi connectivity index (χ4n) is 2.47. The van der Waals surface area contributed by atoms with Crippen LogP contribution in [0.15, 0.2) is 35.4 Å². The van der Waals surface area contributed by atoms with Crippen molar-refractivity contribution >= 4 is 28.5 Å². The number of halogens is 5. The molecule has 0 spiro atoms. The van der Waals surface area contributed by atoms with E-state index in [2.05, 4.69) is 9.97 Å². The van der Waals surface area contributed by atoms with Crippen molar-refractivity contribution in [2.45, 2.75) is 13.1 Å². The van der Waals surface area contributed by atoms with Gasteiger partial charge < -0.3 is 4.74 Å². The van der Waals surface area contributed by atoms with Crippen molar-refractivity contribution in [3.8, 4) is 11.4 Å². The van der Waals surface area contributed by atoms with Gasteiger partial charge in [-0.3, -0.25) is 14.2 Å². The molecule has 6 nitrogen and oxygen atoms in total. The maximum Gasteiger partial charge on any atom is 0.431 e. The number of ether oxygens (including phenoxy) is 1. The highest BCUT2D eigenvalue weighted by atomic mass is 35.5. The van der Waals surface area contributed by atoms with Crippen LogP contribution in [-0.2, 0) is 11.0 Å². The van der Waals surface area contributed by atoms with Gasteiger partial charge in [-0.1, -0.05) is 17.7 Å². The second kappa shape index (κ2) is 6.62. The first kappa shape index (κ1) is 18.8. The van der Waals surface area contributed by atoms with Crippen molar-refractivity contribution in [1.82, 2.24) is 14.5 Å². The van der Waals surface area contributed by atoms with Crippen LogP contribution in [0, 0.1) is 5.82 Å². The van der Waals surface area contributed by atoms with Gasteiger partial charge in [-0.15, -0.1) is 0 Å². The predicted molar refractivity (Wildman–Crippen MR) is 86.4 cm³/mol. The first-order chi connectivity index (χ1) is 12.6. The van der Waals surface area contributed by atoms with Gasteiger partial charge in [-0.05, 0) is 18.2 Å². The van der Waals surface area contributed by atoms with Crippen LogP contribution in [0.25, 0.3) is 16.6 Å². The molecule has 0 fully saturated rings. The van der Waals surface area contributed by atoms with Gasteiger partial charge in [0.1, 0.15) is 28.4 Å². The quantitative estimate of drug-likeness (QED) is 0.284. The van der Waals surface area contributed by atoms with E-state index in [0.29, 0.717) is 6.07 Å². The lowest BCUT2D eigenvalue weighted by Crippen LogP contribution is -2.29. The maximum atomic E-state index is 14.4. The minimum Gasteiger partial charge on any atom is -0.424 e. The summed E-state index contributed by atoms with van der Waals surface area (Å²) in [6, 6.07) is 3.54. The van der Waals surface area contributed by atoms with Gasteiger partial charge in [0.05, 0.1) is 0 Å². The van der Waals surface area contributed by atoms with E-state index in [1.165, 1.54) is 0 Å². The van der Waals surface area contributed by atoms with Gasteiger partial charge in [-0.2, -0.15) is 13.2 Å². The number of carbonyl (C=O) groups excluding carboxylic acids is 1. The Balaban J connectivity index is 2.51. The number of alkyl halides is 3. The number of esters is 1. The SMILES string of the molecule is CC(=O)Oc1cccc(F)c1-n1c(C(F)(F)F)cc2c(Cl)ncnc2c1=O. The van der Waals surface area contributed by atoms with E-state index in [1.54, 1.807) is 0 Å². The summed E-state index contributed by atoms with van der Waals surface area (Å²) in [7, 11) is 0. The van der Waals surface area contributed by atoms with E-state index in [4.69, 9.17) is 16.3 Å². The molecule has 2 aromatic heterocycles. The smallest absolute Gasteiger partial charge is 0.424 e. The number of carbonyl (C=O) groups is 1. The first-order valence-electron chi connectivity index (χ1n) is 7.22. The molecule has 0 saturated carbocycles. The van der Waals surface area contributed by atoms with Crippen LogP contribution in [0.1, 0.15) is 12.6 Å². The number of benzene rings is 1. The van der Waals surface area contributed by atoms with Crippen molar-refractivity contribution in [3.63, 3.8) is 0 Å². The van der Waals surface area contributed by atoms with Gasteiger partial charge in [0.2, 0.25) is 0 Å². The molecule has 140 valence electrons. The highest BCUT2D eigenvalue weighted by molar-refractivity contribution is 6.34. The van der Waals surface area contributed by atoms with E-state index in [0.717, 1.165) is 31.5 Å². The predicted octanol–water partition coefficient (Wildman–Crippen LogP) is 3.52.